The molecule has 1 aromatic rings. The molecule has 3 nitrogen and oxygen atoms in total. The number of Topliss-reactive ketones (excluding diaryl/α,β-unsaturated/α-hetero) is 1. The molecule has 5 heteroatoms. The molecule has 0 fully saturated rings. The average molecular weight is 241 g/mol. The largest absolute Gasteiger partial charge is 0.359 e. The number of ketones is 1. The molecule has 0 saturated heterocycles. The summed E-state index contributed by atoms with van der Waals surface area (Å²) in [5, 5.41) is 2.33. The van der Waals surface area contributed by atoms with Crippen molar-refractivity contribution in [2.24, 2.45) is 0 Å². The van der Waals surface area contributed by atoms with Gasteiger partial charge in [-0.25, -0.2) is 8.78 Å². The van der Waals surface area contributed by atoms with Crippen LogP contribution < -0.4 is 5.32 Å². The summed E-state index contributed by atoms with van der Waals surface area (Å²) in [6.07, 6.45) is -0.293. The Bertz CT molecular complexity index is 435. The second kappa shape index (κ2) is 5.52. The SMILES string of the molecule is CNC(=O)CCC(=O)c1c(F)cc(C)cc1F. The van der Waals surface area contributed by atoms with Crippen molar-refractivity contribution >= 4 is 11.7 Å². The van der Waals surface area contributed by atoms with Crippen LogP contribution in [0.4, 0.5) is 8.78 Å². The van der Waals surface area contributed by atoms with Gasteiger partial charge in [0, 0.05) is 19.9 Å². The molecule has 0 spiro atoms. The van der Waals surface area contributed by atoms with Gasteiger partial charge in [0.1, 0.15) is 11.6 Å². The van der Waals surface area contributed by atoms with Crippen LogP contribution in [-0.4, -0.2) is 18.7 Å². The number of carbonyl (C=O) groups excluding carboxylic acids is 2. The van der Waals surface area contributed by atoms with Gasteiger partial charge in [0.2, 0.25) is 5.91 Å². The molecule has 0 atom stereocenters. The first-order chi connectivity index (χ1) is 7.95. The van der Waals surface area contributed by atoms with Crippen LogP contribution in [0, 0.1) is 18.6 Å². The summed E-state index contributed by atoms with van der Waals surface area (Å²) in [6.45, 7) is 1.53. The van der Waals surface area contributed by atoms with Crippen LogP contribution in [0.5, 0.6) is 0 Å². The van der Waals surface area contributed by atoms with E-state index >= 15 is 0 Å². The second-order valence-corrected chi connectivity index (χ2v) is 3.70. The van der Waals surface area contributed by atoms with Crippen molar-refractivity contribution in [1.29, 1.82) is 0 Å². The first-order valence-electron chi connectivity index (χ1n) is 5.15. The molecule has 0 heterocycles. The Balaban J connectivity index is 2.86. The molecule has 17 heavy (non-hydrogen) atoms. The number of carbonyl (C=O) groups is 2. The van der Waals surface area contributed by atoms with Gasteiger partial charge in [-0.3, -0.25) is 9.59 Å². The van der Waals surface area contributed by atoms with E-state index in [1.54, 1.807) is 0 Å². The zero-order valence-corrected chi connectivity index (χ0v) is 9.64. The molecule has 1 N–H and O–H groups in total. The van der Waals surface area contributed by atoms with Crippen LogP contribution >= 0.6 is 0 Å². The third-order valence-electron chi connectivity index (χ3n) is 2.32. The minimum atomic E-state index is -0.885. The predicted octanol–water partition coefficient (Wildman–Crippen LogP) is 1.98. The highest BCUT2D eigenvalue weighted by molar-refractivity contribution is 5.98. The molecular formula is C12H13F2NO2. The molecule has 0 bridgehead atoms. The van der Waals surface area contributed by atoms with E-state index in [2.05, 4.69) is 5.32 Å². The summed E-state index contributed by atoms with van der Waals surface area (Å²) in [4.78, 5) is 22.5. The topological polar surface area (TPSA) is 46.2 Å². The number of hydrogen-bond donors (Lipinski definition) is 1. The number of rotatable bonds is 4. The summed E-state index contributed by atoms with van der Waals surface area (Å²) in [5.74, 6) is -2.82. The van der Waals surface area contributed by atoms with Crippen LogP contribution in [0.15, 0.2) is 12.1 Å². The van der Waals surface area contributed by atoms with Gasteiger partial charge in [-0.2, -0.15) is 0 Å². The van der Waals surface area contributed by atoms with Crippen molar-refractivity contribution in [2.45, 2.75) is 19.8 Å². The molecule has 0 aliphatic rings. The lowest BCUT2D eigenvalue weighted by atomic mass is 10.0. The lowest BCUT2D eigenvalue weighted by Crippen LogP contribution is -2.19. The summed E-state index contributed by atoms with van der Waals surface area (Å²) in [5.41, 5.74) is -0.164. The summed E-state index contributed by atoms with van der Waals surface area (Å²) in [7, 11) is 1.43. The van der Waals surface area contributed by atoms with Gasteiger partial charge in [-0.1, -0.05) is 0 Å². The quantitative estimate of drug-likeness (QED) is 0.819. The van der Waals surface area contributed by atoms with E-state index in [9.17, 15) is 18.4 Å². The Morgan fingerprint density at radius 3 is 2.18 bits per heavy atom. The Hall–Kier alpha value is -1.78. The first-order valence-corrected chi connectivity index (χ1v) is 5.15. The van der Waals surface area contributed by atoms with E-state index in [-0.39, 0.29) is 18.7 Å². The fourth-order valence-corrected chi connectivity index (χ4v) is 1.44. The zero-order valence-electron chi connectivity index (χ0n) is 9.64. The molecule has 0 radical (unpaired) electrons. The van der Waals surface area contributed by atoms with Crippen molar-refractivity contribution in [3.05, 3.63) is 34.9 Å². The molecule has 0 unspecified atom stereocenters. The van der Waals surface area contributed by atoms with Gasteiger partial charge in [0.25, 0.3) is 0 Å². The Labute approximate surface area is 97.8 Å². The number of halogens is 2. The standard InChI is InChI=1S/C12H13F2NO2/c1-7-5-8(13)12(9(14)6-7)10(16)3-4-11(17)15-2/h5-6H,3-4H2,1-2H3,(H,15,17). The van der Waals surface area contributed by atoms with Crippen LogP contribution in [0.1, 0.15) is 28.8 Å². The van der Waals surface area contributed by atoms with Crippen molar-refractivity contribution in [1.82, 2.24) is 5.32 Å². The van der Waals surface area contributed by atoms with Gasteiger partial charge in [0.15, 0.2) is 5.78 Å². The van der Waals surface area contributed by atoms with E-state index in [1.807, 2.05) is 0 Å². The van der Waals surface area contributed by atoms with E-state index in [4.69, 9.17) is 0 Å². The van der Waals surface area contributed by atoms with Crippen LogP contribution in [-0.2, 0) is 4.79 Å². The van der Waals surface area contributed by atoms with Crippen LogP contribution in [0.25, 0.3) is 0 Å². The number of amides is 1. The lowest BCUT2D eigenvalue weighted by molar-refractivity contribution is -0.120. The van der Waals surface area contributed by atoms with E-state index in [0.29, 0.717) is 5.56 Å². The molecule has 0 aliphatic carbocycles. The molecule has 92 valence electrons. The van der Waals surface area contributed by atoms with Crippen molar-refractivity contribution in [2.75, 3.05) is 7.05 Å². The fourth-order valence-electron chi connectivity index (χ4n) is 1.44. The number of benzene rings is 1. The smallest absolute Gasteiger partial charge is 0.220 e. The van der Waals surface area contributed by atoms with Crippen LogP contribution in [0.3, 0.4) is 0 Å². The van der Waals surface area contributed by atoms with Crippen molar-refractivity contribution < 1.29 is 18.4 Å². The monoisotopic (exact) mass is 241 g/mol. The molecule has 0 saturated carbocycles. The third kappa shape index (κ3) is 3.34. The Morgan fingerprint density at radius 1 is 1.18 bits per heavy atom. The summed E-state index contributed by atoms with van der Waals surface area (Å²) in [6, 6.07) is 2.19. The third-order valence-corrected chi connectivity index (χ3v) is 2.32. The minimum absolute atomic E-state index is 0.0813. The molecule has 1 amide bonds. The highest BCUT2D eigenvalue weighted by Gasteiger charge is 2.18. The van der Waals surface area contributed by atoms with Gasteiger partial charge in [-0.05, 0) is 24.6 Å². The van der Waals surface area contributed by atoms with E-state index in [1.165, 1.54) is 14.0 Å². The minimum Gasteiger partial charge on any atom is -0.359 e. The number of nitrogens with one attached hydrogen (secondary N) is 1. The first kappa shape index (κ1) is 13.3. The van der Waals surface area contributed by atoms with Crippen molar-refractivity contribution in [3.8, 4) is 0 Å². The zero-order chi connectivity index (χ0) is 13.0. The second-order valence-electron chi connectivity index (χ2n) is 3.70. The van der Waals surface area contributed by atoms with Gasteiger partial charge in [-0.15, -0.1) is 0 Å². The highest BCUT2D eigenvalue weighted by atomic mass is 19.1. The number of aryl methyl sites for hydroxylation is 1. The van der Waals surface area contributed by atoms with Gasteiger partial charge in [0.05, 0.1) is 5.56 Å². The summed E-state index contributed by atoms with van der Waals surface area (Å²) < 4.78 is 26.8. The van der Waals surface area contributed by atoms with Crippen molar-refractivity contribution in [3.63, 3.8) is 0 Å². The maximum Gasteiger partial charge on any atom is 0.220 e. The van der Waals surface area contributed by atoms with Crippen LogP contribution in [0.2, 0.25) is 0 Å². The Kier molecular flexibility index (Phi) is 4.31. The lowest BCUT2D eigenvalue weighted by Gasteiger charge is -2.05. The molecule has 0 aromatic heterocycles. The number of hydrogen-bond acceptors (Lipinski definition) is 2. The summed E-state index contributed by atoms with van der Waals surface area (Å²) >= 11 is 0. The maximum absolute atomic E-state index is 13.4. The van der Waals surface area contributed by atoms with E-state index in [0.717, 1.165) is 12.1 Å². The average Bonchev–Trinajstić information content (AvgIpc) is 2.24. The Morgan fingerprint density at radius 2 is 1.71 bits per heavy atom. The fraction of sp³-hybridized carbons (Fsp3) is 0.333. The predicted molar refractivity (Wildman–Crippen MR) is 58.7 cm³/mol. The normalized spacial score (nSPS) is 10.1. The van der Waals surface area contributed by atoms with Gasteiger partial charge < -0.3 is 5.32 Å². The molecule has 1 aromatic carbocycles. The molecular weight excluding hydrogens is 228 g/mol. The molecule has 1 rings (SSSR count). The molecule has 0 aliphatic heterocycles. The van der Waals surface area contributed by atoms with E-state index < -0.39 is 23.0 Å². The maximum atomic E-state index is 13.4. The van der Waals surface area contributed by atoms with Gasteiger partial charge >= 0.3 is 0 Å². The highest BCUT2D eigenvalue weighted by Crippen LogP contribution is 2.17.